The molecule has 0 bridgehead atoms. The van der Waals surface area contributed by atoms with Crippen LogP contribution >= 0.6 is 11.8 Å². The van der Waals surface area contributed by atoms with E-state index in [1.165, 1.54) is 88.6 Å². The summed E-state index contributed by atoms with van der Waals surface area (Å²) < 4.78 is 0. The average molecular weight is 369 g/mol. The molecule has 1 saturated carbocycles. The number of rotatable bonds is 12. The highest BCUT2D eigenvalue weighted by Crippen LogP contribution is 2.29. The van der Waals surface area contributed by atoms with Gasteiger partial charge in [-0.2, -0.15) is 0 Å². The van der Waals surface area contributed by atoms with Crippen molar-refractivity contribution in [1.29, 1.82) is 0 Å². The third-order valence-electron chi connectivity index (χ3n) is 5.80. The number of nitrogens with one attached hydrogen (secondary N) is 1. The van der Waals surface area contributed by atoms with E-state index in [0.29, 0.717) is 6.04 Å². The first-order valence-electron chi connectivity index (χ1n) is 11.0. The summed E-state index contributed by atoms with van der Waals surface area (Å²) in [5.74, 6) is 1.55. The van der Waals surface area contributed by atoms with Gasteiger partial charge in [0.1, 0.15) is 0 Å². The first-order valence-corrected chi connectivity index (χ1v) is 12.3. The molecule has 0 aromatic heterocycles. The van der Waals surface area contributed by atoms with Gasteiger partial charge in [0.05, 0.1) is 0 Å². The Bertz CT molecular complexity index is 333. The van der Waals surface area contributed by atoms with Gasteiger partial charge < -0.3 is 5.32 Å². The maximum atomic E-state index is 4.84. The van der Waals surface area contributed by atoms with Gasteiger partial charge in [-0.25, -0.2) is 0 Å². The van der Waals surface area contributed by atoms with E-state index in [4.69, 9.17) is 4.99 Å². The second kappa shape index (κ2) is 14.9. The van der Waals surface area contributed by atoms with Crippen LogP contribution in [0.3, 0.4) is 0 Å². The molecule has 0 radical (unpaired) electrons. The van der Waals surface area contributed by atoms with E-state index in [2.05, 4.69) is 32.3 Å². The number of hydrogen-bond donors (Lipinski definition) is 1. The van der Waals surface area contributed by atoms with Crippen molar-refractivity contribution in [3.8, 4) is 0 Å². The minimum atomic E-state index is 0.618. The minimum absolute atomic E-state index is 0.618. The summed E-state index contributed by atoms with van der Waals surface area (Å²) in [6.45, 7) is 8.08. The standard InChI is InChI=1S/C22H44N2S/c1-5-6-7-8-9-10-11-12-13-14-18-23-22(25-4)24-21-19(2)16-15-17-20(21)3/h19-21H,5-18H2,1-4H3,(H,23,24). The molecule has 2 unspecified atom stereocenters. The van der Waals surface area contributed by atoms with E-state index in [9.17, 15) is 0 Å². The van der Waals surface area contributed by atoms with Crippen LogP contribution in [0, 0.1) is 11.8 Å². The zero-order chi connectivity index (χ0) is 18.3. The molecule has 1 aliphatic carbocycles. The van der Waals surface area contributed by atoms with E-state index in [-0.39, 0.29) is 0 Å². The molecule has 1 N–H and O–H groups in total. The topological polar surface area (TPSA) is 24.4 Å². The van der Waals surface area contributed by atoms with E-state index >= 15 is 0 Å². The largest absolute Gasteiger partial charge is 0.362 e. The number of amidine groups is 1. The molecule has 2 atom stereocenters. The smallest absolute Gasteiger partial charge is 0.156 e. The highest BCUT2D eigenvalue weighted by molar-refractivity contribution is 8.13. The molecule has 0 aliphatic heterocycles. The Balaban J connectivity index is 2.08. The number of thioether (sulfide) groups is 1. The maximum absolute atomic E-state index is 4.84. The molecular weight excluding hydrogens is 324 g/mol. The lowest BCUT2D eigenvalue weighted by atomic mass is 9.79. The van der Waals surface area contributed by atoms with E-state index in [1.54, 1.807) is 11.8 Å². The van der Waals surface area contributed by atoms with Crippen LogP contribution in [0.25, 0.3) is 0 Å². The van der Waals surface area contributed by atoms with Crippen LogP contribution in [0.1, 0.15) is 104 Å². The summed E-state index contributed by atoms with van der Waals surface area (Å²) in [5.41, 5.74) is 0. The Hall–Kier alpha value is -0.180. The Morgan fingerprint density at radius 1 is 0.880 bits per heavy atom. The summed E-state index contributed by atoms with van der Waals surface area (Å²) in [6, 6.07) is 0.618. The normalized spacial score (nSPS) is 24.5. The third kappa shape index (κ3) is 10.5. The zero-order valence-electron chi connectivity index (χ0n) is 17.5. The highest BCUT2D eigenvalue weighted by atomic mass is 32.2. The molecule has 0 saturated heterocycles. The SMILES string of the molecule is CCCCCCCCCCCCN=C(NC1C(C)CCCC1C)SC. The van der Waals surface area contributed by atoms with Gasteiger partial charge in [0.2, 0.25) is 0 Å². The van der Waals surface area contributed by atoms with Gasteiger partial charge in [0, 0.05) is 12.6 Å². The lowest BCUT2D eigenvalue weighted by Gasteiger charge is -2.35. The Labute approximate surface area is 162 Å². The molecule has 25 heavy (non-hydrogen) atoms. The lowest BCUT2D eigenvalue weighted by molar-refractivity contribution is 0.232. The van der Waals surface area contributed by atoms with Gasteiger partial charge in [-0.1, -0.05) is 96.7 Å². The fourth-order valence-electron chi connectivity index (χ4n) is 4.06. The molecule has 0 spiro atoms. The monoisotopic (exact) mass is 368 g/mol. The molecule has 1 fully saturated rings. The molecule has 0 amide bonds. The highest BCUT2D eigenvalue weighted by Gasteiger charge is 2.28. The van der Waals surface area contributed by atoms with Crippen LogP contribution in [-0.2, 0) is 0 Å². The summed E-state index contributed by atoms with van der Waals surface area (Å²) in [5, 5.41) is 4.92. The van der Waals surface area contributed by atoms with Gasteiger partial charge in [0.15, 0.2) is 5.17 Å². The van der Waals surface area contributed by atoms with Crippen molar-refractivity contribution < 1.29 is 0 Å². The van der Waals surface area contributed by atoms with Gasteiger partial charge in [-0.15, -0.1) is 0 Å². The molecule has 1 aliphatic rings. The minimum Gasteiger partial charge on any atom is -0.362 e. The van der Waals surface area contributed by atoms with Crippen LogP contribution in [0.5, 0.6) is 0 Å². The third-order valence-corrected chi connectivity index (χ3v) is 6.43. The van der Waals surface area contributed by atoms with Gasteiger partial charge in [0.25, 0.3) is 0 Å². The summed E-state index contributed by atoms with van der Waals surface area (Å²) >= 11 is 1.79. The van der Waals surface area contributed by atoms with Crippen LogP contribution in [0.15, 0.2) is 4.99 Å². The van der Waals surface area contributed by atoms with Gasteiger partial charge in [-0.05, 0) is 37.4 Å². The number of aliphatic imine (C=N–C) groups is 1. The van der Waals surface area contributed by atoms with Gasteiger partial charge in [-0.3, -0.25) is 4.99 Å². The predicted octanol–water partition coefficient (Wildman–Crippen LogP) is 7.04. The first-order chi connectivity index (χ1) is 12.2. The van der Waals surface area contributed by atoms with Crippen LogP contribution in [-0.4, -0.2) is 24.0 Å². The van der Waals surface area contributed by atoms with E-state index in [1.807, 2.05) is 0 Å². The van der Waals surface area contributed by atoms with Crippen LogP contribution < -0.4 is 5.32 Å². The molecule has 1 rings (SSSR count). The zero-order valence-corrected chi connectivity index (χ0v) is 18.3. The Morgan fingerprint density at radius 3 is 1.92 bits per heavy atom. The van der Waals surface area contributed by atoms with Crippen molar-refractivity contribution in [2.24, 2.45) is 16.8 Å². The molecule has 2 nitrogen and oxygen atoms in total. The van der Waals surface area contributed by atoms with Crippen molar-refractivity contribution in [3.05, 3.63) is 0 Å². The van der Waals surface area contributed by atoms with Crippen molar-refractivity contribution in [3.63, 3.8) is 0 Å². The number of hydrogen-bond acceptors (Lipinski definition) is 2. The fraction of sp³-hybridized carbons (Fsp3) is 0.955. The first kappa shape index (κ1) is 22.9. The van der Waals surface area contributed by atoms with Crippen molar-refractivity contribution in [2.75, 3.05) is 12.8 Å². The summed E-state index contributed by atoms with van der Waals surface area (Å²) in [4.78, 5) is 4.84. The summed E-state index contributed by atoms with van der Waals surface area (Å²) in [7, 11) is 0. The number of nitrogens with zero attached hydrogens (tertiary/aromatic N) is 1. The molecular formula is C22H44N2S. The van der Waals surface area contributed by atoms with E-state index < -0.39 is 0 Å². The summed E-state index contributed by atoms with van der Waals surface area (Å²) in [6.07, 6.45) is 20.2. The molecule has 0 aromatic carbocycles. The predicted molar refractivity (Wildman–Crippen MR) is 117 cm³/mol. The van der Waals surface area contributed by atoms with Crippen molar-refractivity contribution in [1.82, 2.24) is 5.32 Å². The average Bonchev–Trinajstić information content (AvgIpc) is 2.61. The fourth-order valence-corrected chi connectivity index (χ4v) is 4.53. The Kier molecular flexibility index (Phi) is 13.7. The quantitative estimate of drug-likeness (QED) is 0.227. The van der Waals surface area contributed by atoms with Crippen molar-refractivity contribution >= 4 is 16.9 Å². The molecule has 3 heteroatoms. The molecule has 0 aromatic rings. The van der Waals surface area contributed by atoms with Crippen LogP contribution in [0.2, 0.25) is 0 Å². The van der Waals surface area contributed by atoms with Crippen LogP contribution in [0.4, 0.5) is 0 Å². The molecule has 148 valence electrons. The Morgan fingerprint density at radius 2 is 1.40 bits per heavy atom. The van der Waals surface area contributed by atoms with Gasteiger partial charge >= 0.3 is 0 Å². The second-order valence-corrected chi connectivity index (χ2v) is 8.92. The lowest BCUT2D eigenvalue weighted by Crippen LogP contribution is -2.44. The van der Waals surface area contributed by atoms with Crippen molar-refractivity contribution in [2.45, 2.75) is 110 Å². The number of unbranched alkanes of at least 4 members (excludes halogenated alkanes) is 9. The molecule has 0 heterocycles. The maximum Gasteiger partial charge on any atom is 0.156 e. The second-order valence-electron chi connectivity index (χ2n) is 8.13. The van der Waals surface area contributed by atoms with E-state index in [0.717, 1.165) is 18.4 Å².